The number of carbonyl (C=O) groups is 1. The van der Waals surface area contributed by atoms with Gasteiger partial charge in [0.05, 0.1) is 0 Å². The average Bonchev–Trinajstić information content (AvgIpc) is 2.48. The lowest BCUT2D eigenvalue weighted by atomic mass is 10.1. The number of amides is 1. The van der Waals surface area contributed by atoms with Gasteiger partial charge >= 0.3 is 0 Å². The van der Waals surface area contributed by atoms with Crippen molar-refractivity contribution in [1.29, 1.82) is 0 Å². The fraction of sp³-hybridized carbons (Fsp3) is 0.278. The van der Waals surface area contributed by atoms with Crippen LogP contribution in [0.15, 0.2) is 42.5 Å². The number of aryl methyl sites for hydroxylation is 2. The Morgan fingerprint density at radius 3 is 2.36 bits per heavy atom. The highest BCUT2D eigenvalue weighted by atomic mass is 16.5. The third kappa shape index (κ3) is 4.81. The summed E-state index contributed by atoms with van der Waals surface area (Å²) in [6.45, 7) is 6.50. The van der Waals surface area contributed by atoms with Crippen LogP contribution in [0, 0.1) is 13.8 Å². The molecule has 2 aromatic carbocycles. The zero-order valence-electron chi connectivity index (χ0n) is 13.2. The lowest BCUT2D eigenvalue weighted by Crippen LogP contribution is -2.10. The quantitative estimate of drug-likeness (QED) is 0.827. The van der Waals surface area contributed by atoms with Crippen molar-refractivity contribution < 1.29 is 14.3 Å². The van der Waals surface area contributed by atoms with Crippen LogP contribution in [0.4, 0.5) is 5.69 Å². The molecule has 0 aromatic heterocycles. The highest BCUT2D eigenvalue weighted by molar-refractivity contribution is 5.88. The number of benzene rings is 2. The monoisotopic (exact) mass is 299 g/mol. The van der Waals surface area contributed by atoms with Gasteiger partial charge in [0.15, 0.2) is 0 Å². The molecule has 4 nitrogen and oxygen atoms in total. The lowest BCUT2D eigenvalue weighted by Gasteiger charge is -2.11. The Labute approximate surface area is 131 Å². The molecule has 0 bridgehead atoms. The Balaban J connectivity index is 1.79. The first-order valence-electron chi connectivity index (χ1n) is 7.25. The van der Waals surface area contributed by atoms with Crippen molar-refractivity contribution >= 4 is 11.6 Å². The van der Waals surface area contributed by atoms with Gasteiger partial charge in [0, 0.05) is 12.6 Å². The molecule has 0 spiro atoms. The number of hydrogen-bond acceptors (Lipinski definition) is 3. The van der Waals surface area contributed by atoms with E-state index in [1.807, 2.05) is 50.2 Å². The first-order valence-corrected chi connectivity index (χ1v) is 7.25. The Morgan fingerprint density at radius 2 is 1.68 bits per heavy atom. The molecule has 2 aromatic rings. The number of nitrogens with one attached hydrogen (secondary N) is 1. The molecule has 0 atom stereocenters. The molecule has 2 rings (SSSR count). The summed E-state index contributed by atoms with van der Waals surface area (Å²) >= 11 is 0. The maximum absolute atomic E-state index is 10.9. The summed E-state index contributed by atoms with van der Waals surface area (Å²) in [6, 6.07) is 13.4. The van der Waals surface area contributed by atoms with Gasteiger partial charge in [-0.05, 0) is 55.3 Å². The van der Waals surface area contributed by atoms with Crippen LogP contribution in [0.2, 0.25) is 0 Å². The molecular weight excluding hydrogens is 278 g/mol. The maximum Gasteiger partial charge on any atom is 0.221 e. The van der Waals surface area contributed by atoms with Crippen LogP contribution in [0.1, 0.15) is 18.1 Å². The standard InChI is InChI=1S/C18H21NO3/c1-13-4-5-14(2)18(12-13)22-11-10-21-17-8-6-16(7-9-17)19-15(3)20/h4-9,12H,10-11H2,1-3H3,(H,19,20). The SMILES string of the molecule is CC(=O)Nc1ccc(OCCOc2cc(C)ccc2C)cc1. The van der Waals surface area contributed by atoms with Crippen molar-refractivity contribution in [1.82, 2.24) is 0 Å². The average molecular weight is 299 g/mol. The minimum Gasteiger partial charge on any atom is -0.490 e. The minimum absolute atomic E-state index is 0.0874. The second-order valence-corrected chi connectivity index (χ2v) is 5.17. The van der Waals surface area contributed by atoms with Gasteiger partial charge in [0.25, 0.3) is 0 Å². The number of ether oxygens (including phenoxy) is 2. The number of hydrogen-bond donors (Lipinski definition) is 1. The topological polar surface area (TPSA) is 47.6 Å². The summed E-state index contributed by atoms with van der Waals surface area (Å²) < 4.78 is 11.4. The number of rotatable bonds is 6. The fourth-order valence-corrected chi connectivity index (χ4v) is 2.01. The van der Waals surface area contributed by atoms with E-state index in [9.17, 15) is 4.79 Å². The molecule has 1 amide bonds. The van der Waals surface area contributed by atoms with Crippen molar-refractivity contribution in [2.75, 3.05) is 18.5 Å². The first-order chi connectivity index (χ1) is 10.5. The van der Waals surface area contributed by atoms with Gasteiger partial charge in [0.2, 0.25) is 5.91 Å². The highest BCUT2D eigenvalue weighted by Crippen LogP contribution is 2.19. The molecule has 0 saturated carbocycles. The van der Waals surface area contributed by atoms with E-state index in [-0.39, 0.29) is 5.91 Å². The molecule has 0 fully saturated rings. The van der Waals surface area contributed by atoms with Gasteiger partial charge in [-0.25, -0.2) is 0 Å². The highest BCUT2D eigenvalue weighted by Gasteiger charge is 2.01. The van der Waals surface area contributed by atoms with Crippen molar-refractivity contribution in [2.24, 2.45) is 0 Å². The molecular formula is C18H21NO3. The van der Waals surface area contributed by atoms with Gasteiger partial charge in [0.1, 0.15) is 24.7 Å². The van der Waals surface area contributed by atoms with Gasteiger partial charge in [-0.3, -0.25) is 4.79 Å². The second kappa shape index (κ2) is 7.50. The smallest absolute Gasteiger partial charge is 0.221 e. The van der Waals surface area contributed by atoms with Gasteiger partial charge in [-0.2, -0.15) is 0 Å². The van der Waals surface area contributed by atoms with Crippen LogP contribution in [0.5, 0.6) is 11.5 Å². The van der Waals surface area contributed by atoms with Crippen LogP contribution in [0.3, 0.4) is 0 Å². The number of carbonyl (C=O) groups excluding carboxylic acids is 1. The van der Waals surface area contributed by atoms with Crippen molar-refractivity contribution in [3.8, 4) is 11.5 Å². The summed E-state index contributed by atoms with van der Waals surface area (Å²) in [4.78, 5) is 10.9. The van der Waals surface area contributed by atoms with Gasteiger partial charge in [-0.15, -0.1) is 0 Å². The van der Waals surface area contributed by atoms with Crippen molar-refractivity contribution in [3.05, 3.63) is 53.6 Å². The van der Waals surface area contributed by atoms with E-state index in [1.54, 1.807) is 0 Å². The van der Waals surface area contributed by atoms with E-state index >= 15 is 0 Å². The van der Waals surface area contributed by atoms with Gasteiger partial charge in [-0.1, -0.05) is 12.1 Å². The van der Waals surface area contributed by atoms with E-state index in [2.05, 4.69) is 11.4 Å². The van der Waals surface area contributed by atoms with E-state index < -0.39 is 0 Å². The molecule has 22 heavy (non-hydrogen) atoms. The molecule has 0 unspecified atom stereocenters. The summed E-state index contributed by atoms with van der Waals surface area (Å²) in [5, 5.41) is 2.71. The molecule has 1 N–H and O–H groups in total. The second-order valence-electron chi connectivity index (χ2n) is 5.17. The summed E-state index contributed by atoms with van der Waals surface area (Å²) in [5.74, 6) is 1.55. The van der Waals surface area contributed by atoms with Crippen LogP contribution < -0.4 is 14.8 Å². The molecule has 0 aliphatic carbocycles. The molecule has 0 aliphatic rings. The summed E-state index contributed by atoms with van der Waals surface area (Å²) in [7, 11) is 0. The summed E-state index contributed by atoms with van der Waals surface area (Å²) in [5.41, 5.74) is 3.05. The third-order valence-electron chi connectivity index (χ3n) is 3.13. The normalized spacial score (nSPS) is 10.1. The van der Waals surface area contributed by atoms with Crippen LogP contribution in [0.25, 0.3) is 0 Å². The predicted molar refractivity (Wildman–Crippen MR) is 87.7 cm³/mol. The first kappa shape index (κ1) is 15.9. The number of anilines is 1. The maximum atomic E-state index is 10.9. The Morgan fingerprint density at radius 1 is 1.00 bits per heavy atom. The summed E-state index contributed by atoms with van der Waals surface area (Å²) in [6.07, 6.45) is 0. The van der Waals surface area contributed by atoms with E-state index in [0.717, 1.165) is 22.7 Å². The predicted octanol–water partition coefficient (Wildman–Crippen LogP) is 3.72. The van der Waals surface area contributed by atoms with Gasteiger partial charge < -0.3 is 14.8 Å². The largest absolute Gasteiger partial charge is 0.490 e. The Hall–Kier alpha value is -2.49. The zero-order valence-corrected chi connectivity index (χ0v) is 13.2. The third-order valence-corrected chi connectivity index (χ3v) is 3.13. The molecule has 116 valence electrons. The van der Waals surface area contributed by atoms with Crippen molar-refractivity contribution in [2.45, 2.75) is 20.8 Å². The fourth-order valence-electron chi connectivity index (χ4n) is 2.01. The van der Waals surface area contributed by atoms with Crippen LogP contribution in [-0.2, 0) is 4.79 Å². The van der Waals surface area contributed by atoms with Crippen LogP contribution in [-0.4, -0.2) is 19.1 Å². The molecule has 0 heterocycles. The molecule has 0 aliphatic heterocycles. The Kier molecular flexibility index (Phi) is 5.42. The zero-order chi connectivity index (χ0) is 15.9. The van der Waals surface area contributed by atoms with Crippen molar-refractivity contribution in [3.63, 3.8) is 0 Å². The Bertz CT molecular complexity index is 635. The van der Waals surface area contributed by atoms with E-state index in [4.69, 9.17) is 9.47 Å². The molecule has 0 radical (unpaired) electrons. The van der Waals surface area contributed by atoms with Crippen LogP contribution >= 0.6 is 0 Å². The molecule has 0 saturated heterocycles. The molecule has 4 heteroatoms. The minimum atomic E-state index is -0.0874. The lowest BCUT2D eigenvalue weighted by molar-refractivity contribution is -0.114. The van der Waals surface area contributed by atoms with E-state index in [0.29, 0.717) is 13.2 Å². The van der Waals surface area contributed by atoms with E-state index in [1.165, 1.54) is 12.5 Å².